The van der Waals surface area contributed by atoms with Crippen LogP contribution in [0.3, 0.4) is 0 Å². The number of rotatable bonds is 12. The molecule has 4 aromatic rings. The zero-order valence-corrected chi connectivity index (χ0v) is 25.9. The van der Waals surface area contributed by atoms with E-state index in [1.807, 2.05) is 55.5 Å². The summed E-state index contributed by atoms with van der Waals surface area (Å²) in [5.74, 6) is 0.00858. The van der Waals surface area contributed by atoms with Gasteiger partial charge in [0, 0.05) is 0 Å². The minimum atomic E-state index is -0.905. The Bertz CT molecular complexity index is 1770. The molecule has 1 aliphatic heterocycles. The summed E-state index contributed by atoms with van der Waals surface area (Å²) in [6.45, 7) is 4.95. The Hall–Kier alpha value is -5.48. The lowest BCUT2D eigenvalue weighted by molar-refractivity contribution is -0.122. The molecular formula is C35H31ClN2O8. The SMILES string of the molecule is CCOc1cc(COc2c(Cl)cc(/C=C3/C(=O)NC(=O)N(c4ccc(O)cc4)C3=O)cc2OCC)ccc1OCc1ccccc1. The van der Waals surface area contributed by atoms with Gasteiger partial charge in [-0.15, -0.1) is 0 Å². The molecule has 0 unspecified atom stereocenters. The number of carbonyl (C=O) groups is 3. The molecule has 46 heavy (non-hydrogen) atoms. The van der Waals surface area contributed by atoms with Crippen LogP contribution in [0.5, 0.6) is 28.7 Å². The average molecular weight is 643 g/mol. The largest absolute Gasteiger partial charge is 0.508 e. The molecule has 1 aliphatic rings. The standard InChI is InChI=1S/C35H31ClN2O8/c1-3-43-30-18-23(10-15-29(30)45-20-22-8-6-5-7-9-22)21-46-32-28(36)17-24(19-31(32)44-4-2)16-27-33(40)37-35(42)38(34(27)41)25-11-13-26(39)14-12-25/h5-19,39H,3-4,20-21H2,1-2H3,(H,37,40,42)/b27-16-. The summed E-state index contributed by atoms with van der Waals surface area (Å²) in [5, 5.41) is 11.9. The van der Waals surface area contributed by atoms with Crippen LogP contribution in [0.25, 0.3) is 6.08 Å². The molecule has 0 saturated carbocycles. The molecular weight excluding hydrogens is 612 g/mol. The molecule has 236 valence electrons. The predicted molar refractivity (Wildman–Crippen MR) is 172 cm³/mol. The van der Waals surface area contributed by atoms with Crippen LogP contribution < -0.4 is 29.2 Å². The Morgan fingerprint density at radius 3 is 2.17 bits per heavy atom. The minimum Gasteiger partial charge on any atom is -0.508 e. The van der Waals surface area contributed by atoms with Gasteiger partial charge in [0.1, 0.15) is 24.5 Å². The van der Waals surface area contributed by atoms with Crippen LogP contribution in [-0.4, -0.2) is 36.2 Å². The number of hydrogen-bond donors (Lipinski definition) is 2. The predicted octanol–water partition coefficient (Wildman–Crippen LogP) is 6.67. The smallest absolute Gasteiger partial charge is 0.335 e. The van der Waals surface area contributed by atoms with Crippen LogP contribution in [-0.2, 0) is 22.8 Å². The summed E-state index contributed by atoms with van der Waals surface area (Å²) in [4.78, 5) is 39.3. The van der Waals surface area contributed by atoms with Crippen LogP contribution >= 0.6 is 11.6 Å². The molecule has 0 aromatic heterocycles. The second-order valence-electron chi connectivity index (χ2n) is 10.0. The zero-order chi connectivity index (χ0) is 32.6. The van der Waals surface area contributed by atoms with Crippen LogP contribution in [0.4, 0.5) is 10.5 Å². The Balaban J connectivity index is 1.36. The van der Waals surface area contributed by atoms with Crippen molar-refractivity contribution in [1.29, 1.82) is 0 Å². The van der Waals surface area contributed by atoms with Crippen molar-refractivity contribution in [2.24, 2.45) is 0 Å². The number of hydrogen-bond acceptors (Lipinski definition) is 8. The van der Waals surface area contributed by atoms with Crippen molar-refractivity contribution < 1.29 is 38.4 Å². The molecule has 0 aliphatic carbocycles. The maximum atomic E-state index is 13.3. The van der Waals surface area contributed by atoms with Gasteiger partial charge in [0.05, 0.1) is 23.9 Å². The van der Waals surface area contributed by atoms with E-state index in [4.69, 9.17) is 30.5 Å². The summed E-state index contributed by atoms with van der Waals surface area (Å²) in [6.07, 6.45) is 1.32. The number of urea groups is 1. The first kappa shape index (κ1) is 31.9. The number of phenolic OH excluding ortho intramolecular Hbond substituents is 1. The van der Waals surface area contributed by atoms with Gasteiger partial charge in [-0.05, 0) is 85.1 Å². The number of nitrogens with zero attached hydrogens (tertiary/aromatic N) is 1. The fourth-order valence-corrected chi connectivity index (χ4v) is 4.93. The third-order valence-electron chi connectivity index (χ3n) is 6.78. The van der Waals surface area contributed by atoms with Crippen molar-refractivity contribution in [1.82, 2.24) is 5.32 Å². The van der Waals surface area contributed by atoms with E-state index in [1.165, 1.54) is 36.4 Å². The highest BCUT2D eigenvalue weighted by molar-refractivity contribution is 6.39. The van der Waals surface area contributed by atoms with Gasteiger partial charge >= 0.3 is 6.03 Å². The molecule has 10 nitrogen and oxygen atoms in total. The highest BCUT2D eigenvalue weighted by Crippen LogP contribution is 2.39. The molecule has 1 fully saturated rings. The van der Waals surface area contributed by atoms with Gasteiger partial charge in [-0.1, -0.05) is 48.0 Å². The number of benzene rings is 4. The van der Waals surface area contributed by atoms with E-state index in [2.05, 4.69) is 5.32 Å². The molecule has 0 bridgehead atoms. The molecule has 0 spiro atoms. The zero-order valence-electron chi connectivity index (χ0n) is 25.1. The maximum absolute atomic E-state index is 13.3. The van der Waals surface area contributed by atoms with Gasteiger partial charge in [-0.3, -0.25) is 14.9 Å². The Labute approximate surface area is 270 Å². The molecule has 2 N–H and O–H groups in total. The van der Waals surface area contributed by atoms with Gasteiger partial charge in [-0.25, -0.2) is 9.69 Å². The number of ether oxygens (including phenoxy) is 4. The average Bonchev–Trinajstić information content (AvgIpc) is 3.04. The molecule has 4 amide bonds. The van der Waals surface area contributed by atoms with Gasteiger partial charge in [-0.2, -0.15) is 0 Å². The van der Waals surface area contributed by atoms with Crippen molar-refractivity contribution in [2.75, 3.05) is 18.1 Å². The third-order valence-corrected chi connectivity index (χ3v) is 7.06. The second kappa shape index (κ2) is 14.5. The maximum Gasteiger partial charge on any atom is 0.335 e. The number of halogens is 1. The number of anilines is 1. The fraction of sp³-hybridized carbons (Fsp3) is 0.171. The van der Waals surface area contributed by atoms with Crippen molar-refractivity contribution >= 4 is 41.2 Å². The number of amides is 4. The summed E-state index contributed by atoms with van der Waals surface area (Å²) < 4.78 is 23.7. The first-order chi connectivity index (χ1) is 22.3. The van der Waals surface area contributed by atoms with Gasteiger partial charge in [0.15, 0.2) is 23.0 Å². The van der Waals surface area contributed by atoms with Crippen molar-refractivity contribution in [3.8, 4) is 28.7 Å². The highest BCUT2D eigenvalue weighted by Gasteiger charge is 2.37. The topological polar surface area (TPSA) is 124 Å². The number of aromatic hydroxyl groups is 1. The quantitative estimate of drug-likeness (QED) is 0.130. The molecule has 0 radical (unpaired) electrons. The summed E-state index contributed by atoms with van der Waals surface area (Å²) in [7, 11) is 0. The molecule has 1 saturated heterocycles. The third kappa shape index (κ3) is 7.41. The fourth-order valence-electron chi connectivity index (χ4n) is 4.66. The van der Waals surface area contributed by atoms with Gasteiger partial charge in [0.2, 0.25) is 0 Å². The molecule has 0 atom stereocenters. The van der Waals surface area contributed by atoms with Crippen LogP contribution in [0.2, 0.25) is 5.02 Å². The van der Waals surface area contributed by atoms with E-state index in [9.17, 15) is 19.5 Å². The second-order valence-corrected chi connectivity index (χ2v) is 10.4. The first-order valence-corrected chi connectivity index (χ1v) is 14.9. The number of nitrogens with one attached hydrogen (secondary N) is 1. The van der Waals surface area contributed by atoms with E-state index in [-0.39, 0.29) is 41.0 Å². The normalized spacial score (nSPS) is 13.8. The highest BCUT2D eigenvalue weighted by atomic mass is 35.5. The lowest BCUT2D eigenvalue weighted by Gasteiger charge is -2.26. The molecule has 5 rings (SSSR count). The Kier molecular flexibility index (Phi) is 10.1. The number of phenols is 1. The Morgan fingerprint density at radius 2 is 1.46 bits per heavy atom. The lowest BCUT2D eigenvalue weighted by Crippen LogP contribution is -2.54. The molecule has 1 heterocycles. The van der Waals surface area contributed by atoms with Crippen LogP contribution in [0.15, 0.2) is 90.5 Å². The number of carbonyl (C=O) groups excluding carboxylic acids is 3. The van der Waals surface area contributed by atoms with E-state index < -0.39 is 17.8 Å². The molecule has 11 heteroatoms. The minimum absolute atomic E-state index is 0.0412. The Morgan fingerprint density at radius 1 is 0.761 bits per heavy atom. The first-order valence-electron chi connectivity index (χ1n) is 14.5. The van der Waals surface area contributed by atoms with Crippen LogP contribution in [0, 0.1) is 0 Å². The lowest BCUT2D eigenvalue weighted by atomic mass is 10.1. The summed E-state index contributed by atoms with van der Waals surface area (Å²) >= 11 is 6.64. The number of barbiturate groups is 1. The van der Waals surface area contributed by atoms with Crippen molar-refractivity contribution in [2.45, 2.75) is 27.1 Å². The van der Waals surface area contributed by atoms with E-state index in [0.717, 1.165) is 16.0 Å². The monoisotopic (exact) mass is 642 g/mol. The van der Waals surface area contributed by atoms with Crippen LogP contribution in [0.1, 0.15) is 30.5 Å². The van der Waals surface area contributed by atoms with Gasteiger partial charge in [0.25, 0.3) is 11.8 Å². The van der Waals surface area contributed by atoms with E-state index >= 15 is 0 Å². The van der Waals surface area contributed by atoms with Crippen molar-refractivity contribution in [3.63, 3.8) is 0 Å². The summed E-state index contributed by atoms with van der Waals surface area (Å²) in [6, 6.07) is 23.0. The van der Waals surface area contributed by atoms with E-state index in [0.29, 0.717) is 36.0 Å². The number of imide groups is 2. The van der Waals surface area contributed by atoms with Gasteiger partial charge < -0.3 is 24.1 Å². The summed E-state index contributed by atoms with van der Waals surface area (Å²) in [5.41, 5.74) is 2.09. The van der Waals surface area contributed by atoms with Crippen molar-refractivity contribution in [3.05, 3.63) is 112 Å². The molecule has 4 aromatic carbocycles. The van der Waals surface area contributed by atoms with E-state index in [1.54, 1.807) is 13.0 Å².